The number of anilines is 1. The minimum absolute atomic E-state index is 0. The molecule has 3 aromatic carbocycles. The number of carbonyl (C=O) groups is 1. The van der Waals surface area contributed by atoms with Crippen molar-refractivity contribution in [2.45, 2.75) is 6.10 Å². The number of aliphatic hydroxyl groups is 1. The summed E-state index contributed by atoms with van der Waals surface area (Å²) in [6.07, 6.45) is -0.297. The molecule has 0 saturated carbocycles. The normalized spacial score (nSPS) is 11.8. The number of rotatable bonds is 9. The van der Waals surface area contributed by atoms with Crippen LogP contribution in [0, 0.1) is 0 Å². The van der Waals surface area contributed by atoms with Gasteiger partial charge in [0.1, 0.15) is 18.1 Å². The summed E-state index contributed by atoms with van der Waals surface area (Å²) in [5.74, 6) is 0.728. The molecule has 5 N–H and O–H groups in total. The zero-order chi connectivity index (χ0) is 20.9. The molecule has 1 aromatic heterocycles. The van der Waals surface area contributed by atoms with Crippen molar-refractivity contribution in [3.05, 3.63) is 66.2 Å². The molecular weight excluding hydrogens is 418 g/mol. The number of H-pyrrole nitrogens is 1. The molecule has 0 radical (unpaired) electrons. The number of halogens is 1. The van der Waals surface area contributed by atoms with E-state index < -0.39 is 6.10 Å². The van der Waals surface area contributed by atoms with Crippen molar-refractivity contribution < 1.29 is 19.7 Å². The van der Waals surface area contributed by atoms with E-state index in [0.29, 0.717) is 31.7 Å². The predicted octanol–water partition coefficient (Wildman–Crippen LogP) is 3.72. The van der Waals surface area contributed by atoms with E-state index in [1.165, 1.54) is 11.5 Å². The lowest BCUT2D eigenvalue weighted by Gasteiger charge is -2.14. The monoisotopic (exact) mass is 441 g/mol. The zero-order valence-corrected chi connectivity index (χ0v) is 17.5. The molecule has 1 atom stereocenters. The highest BCUT2D eigenvalue weighted by Gasteiger charge is 2.10. The van der Waals surface area contributed by atoms with Crippen LogP contribution in [0.5, 0.6) is 11.5 Å². The molecule has 8 heteroatoms. The Hall–Kier alpha value is -3.26. The van der Waals surface area contributed by atoms with Gasteiger partial charge in [0.05, 0.1) is 17.3 Å². The van der Waals surface area contributed by atoms with Crippen molar-refractivity contribution in [2.75, 3.05) is 25.0 Å². The molecule has 0 bridgehead atoms. The number of ether oxygens (including phenoxy) is 1. The van der Waals surface area contributed by atoms with Gasteiger partial charge in [-0.3, -0.25) is 4.79 Å². The molecule has 0 aliphatic carbocycles. The molecule has 0 aliphatic heterocycles. The fourth-order valence-electron chi connectivity index (χ4n) is 3.46. The van der Waals surface area contributed by atoms with Gasteiger partial charge in [-0.05, 0) is 35.9 Å². The van der Waals surface area contributed by atoms with Crippen LogP contribution in [-0.2, 0) is 4.79 Å². The highest BCUT2D eigenvalue weighted by atomic mass is 35.5. The molecule has 4 rings (SSSR count). The summed E-state index contributed by atoms with van der Waals surface area (Å²) in [6, 6.07) is 18.8. The number of aromatic nitrogens is 1. The number of nitrogens with one attached hydrogen (secondary N) is 3. The minimum Gasteiger partial charge on any atom is -0.506 e. The molecule has 0 fully saturated rings. The maximum Gasteiger partial charge on any atom is 0.211 e. The predicted molar refractivity (Wildman–Crippen MR) is 124 cm³/mol. The maximum absolute atomic E-state index is 10.6. The van der Waals surface area contributed by atoms with Crippen LogP contribution in [0.4, 0.5) is 5.69 Å². The molecule has 1 amide bonds. The molecule has 0 aliphatic rings. The summed E-state index contributed by atoms with van der Waals surface area (Å²) in [7, 11) is 0. The first-order valence-electron chi connectivity index (χ1n) is 9.71. The fraction of sp³-hybridized carbons (Fsp3) is 0.174. The summed E-state index contributed by atoms with van der Waals surface area (Å²) >= 11 is 0. The Kier molecular flexibility index (Phi) is 7.36. The highest BCUT2D eigenvalue weighted by Crippen LogP contribution is 2.28. The van der Waals surface area contributed by atoms with Crippen LogP contribution in [0.25, 0.3) is 21.8 Å². The van der Waals surface area contributed by atoms with Crippen LogP contribution in [0.3, 0.4) is 0 Å². The molecule has 1 unspecified atom stereocenters. The van der Waals surface area contributed by atoms with Crippen LogP contribution >= 0.6 is 12.4 Å². The Morgan fingerprint density at radius 3 is 2.68 bits per heavy atom. The number of phenolic OH excluding ortho intramolecular Hbond substituents is 1. The van der Waals surface area contributed by atoms with Gasteiger partial charge in [-0.1, -0.05) is 24.3 Å². The number of aromatic amines is 1. The van der Waals surface area contributed by atoms with Crippen molar-refractivity contribution in [3.63, 3.8) is 0 Å². The fourth-order valence-corrected chi connectivity index (χ4v) is 3.46. The first-order chi connectivity index (χ1) is 14.7. The number of fused-ring (bicyclic) bond motifs is 3. The molecule has 0 saturated heterocycles. The molecule has 162 valence electrons. The van der Waals surface area contributed by atoms with Gasteiger partial charge in [-0.2, -0.15) is 0 Å². The summed E-state index contributed by atoms with van der Waals surface area (Å²) < 4.78 is 5.82. The number of aliphatic hydroxyl groups excluding tert-OH is 1. The Bertz CT molecular complexity index is 1180. The average Bonchev–Trinajstić information content (AvgIpc) is 3.13. The Labute approximate surface area is 185 Å². The molecule has 1 heterocycles. The van der Waals surface area contributed by atoms with E-state index in [2.05, 4.69) is 33.8 Å². The van der Waals surface area contributed by atoms with Crippen LogP contribution < -0.4 is 15.4 Å². The number of phenols is 1. The second kappa shape index (κ2) is 10.2. The van der Waals surface area contributed by atoms with Crippen molar-refractivity contribution in [1.29, 1.82) is 0 Å². The Morgan fingerprint density at radius 1 is 1.03 bits per heavy atom. The van der Waals surface area contributed by atoms with Gasteiger partial charge in [0, 0.05) is 35.4 Å². The van der Waals surface area contributed by atoms with Gasteiger partial charge in [0.15, 0.2) is 0 Å². The molecule has 7 nitrogen and oxygen atoms in total. The molecule has 4 aromatic rings. The van der Waals surface area contributed by atoms with Gasteiger partial charge in [-0.25, -0.2) is 0 Å². The number of carbonyl (C=O) groups excluding carboxylic acids is 1. The van der Waals surface area contributed by atoms with E-state index in [9.17, 15) is 15.0 Å². The largest absolute Gasteiger partial charge is 0.506 e. The number of para-hydroxylation sites is 1. The van der Waals surface area contributed by atoms with Crippen LogP contribution in [0.2, 0.25) is 0 Å². The highest BCUT2D eigenvalue weighted by molar-refractivity contribution is 6.07. The minimum atomic E-state index is -0.777. The smallest absolute Gasteiger partial charge is 0.211 e. The van der Waals surface area contributed by atoms with Gasteiger partial charge >= 0.3 is 0 Å². The zero-order valence-electron chi connectivity index (χ0n) is 16.7. The third-order valence-electron chi connectivity index (χ3n) is 4.98. The Morgan fingerprint density at radius 2 is 1.84 bits per heavy atom. The van der Waals surface area contributed by atoms with E-state index in [1.807, 2.05) is 24.3 Å². The first-order valence-corrected chi connectivity index (χ1v) is 9.71. The standard InChI is InChI=1S/C23H23N3O4.ClH/c27-14-25-21-11-15(5-8-22(21)28)23(29)13-24-9-10-30-16-6-7-18-17-3-1-2-4-19(17)26-20(18)12-16;/h1-8,11-12,14,23-24,26,28-29H,9-10,13H2,(H,25,27);1H. The first kappa shape index (κ1) is 22.4. The number of benzene rings is 3. The lowest BCUT2D eigenvalue weighted by Crippen LogP contribution is -2.26. The van der Waals surface area contributed by atoms with E-state index >= 15 is 0 Å². The van der Waals surface area contributed by atoms with Gasteiger partial charge in [-0.15, -0.1) is 12.4 Å². The maximum atomic E-state index is 10.6. The van der Waals surface area contributed by atoms with Crippen molar-refractivity contribution in [2.24, 2.45) is 0 Å². The number of hydrogen-bond donors (Lipinski definition) is 5. The van der Waals surface area contributed by atoms with E-state index in [0.717, 1.165) is 22.2 Å². The molecular formula is C23H24ClN3O4. The van der Waals surface area contributed by atoms with Gasteiger partial charge < -0.3 is 30.6 Å². The summed E-state index contributed by atoms with van der Waals surface area (Å²) in [5, 5.41) is 27.9. The quantitative estimate of drug-likeness (QED) is 0.155. The lowest BCUT2D eigenvalue weighted by atomic mass is 10.1. The average molecular weight is 442 g/mol. The van der Waals surface area contributed by atoms with Crippen molar-refractivity contribution >= 4 is 46.3 Å². The SMILES string of the molecule is Cl.O=CNc1cc(C(O)CNCCOc2ccc3c(c2)[nH]c2ccccc23)ccc1O. The lowest BCUT2D eigenvalue weighted by molar-refractivity contribution is -0.105. The Balaban J connectivity index is 0.00000272. The number of hydrogen-bond acceptors (Lipinski definition) is 5. The summed E-state index contributed by atoms with van der Waals surface area (Å²) in [5.41, 5.74) is 2.98. The van der Waals surface area contributed by atoms with Crippen molar-refractivity contribution in [3.8, 4) is 11.5 Å². The van der Waals surface area contributed by atoms with Gasteiger partial charge in [0.2, 0.25) is 6.41 Å². The second-order valence-corrected chi connectivity index (χ2v) is 6.99. The second-order valence-electron chi connectivity index (χ2n) is 6.99. The summed E-state index contributed by atoms with van der Waals surface area (Å²) in [6.45, 7) is 1.32. The van der Waals surface area contributed by atoms with E-state index in [1.54, 1.807) is 12.1 Å². The van der Waals surface area contributed by atoms with Crippen LogP contribution in [-0.4, -0.2) is 41.3 Å². The number of aromatic hydroxyl groups is 1. The molecule has 31 heavy (non-hydrogen) atoms. The topological polar surface area (TPSA) is 107 Å². The summed E-state index contributed by atoms with van der Waals surface area (Å²) in [4.78, 5) is 14.0. The van der Waals surface area contributed by atoms with Gasteiger partial charge in [0.25, 0.3) is 0 Å². The van der Waals surface area contributed by atoms with Crippen molar-refractivity contribution in [1.82, 2.24) is 10.3 Å². The van der Waals surface area contributed by atoms with Crippen LogP contribution in [0.1, 0.15) is 11.7 Å². The number of amides is 1. The third-order valence-corrected chi connectivity index (χ3v) is 4.98. The third kappa shape index (κ3) is 5.08. The van der Waals surface area contributed by atoms with Crippen LogP contribution in [0.15, 0.2) is 60.7 Å². The molecule has 0 spiro atoms. The van der Waals surface area contributed by atoms with E-state index in [4.69, 9.17) is 4.74 Å². The van der Waals surface area contributed by atoms with E-state index in [-0.39, 0.29) is 23.8 Å².